The summed E-state index contributed by atoms with van der Waals surface area (Å²) in [5.74, 6) is 0.673. The van der Waals surface area contributed by atoms with E-state index in [1.807, 2.05) is 18.2 Å². The normalized spacial score (nSPS) is 17.4. The zero-order chi connectivity index (χ0) is 17.3. The minimum absolute atomic E-state index is 0.166. The number of fused-ring (bicyclic) bond motifs is 1. The van der Waals surface area contributed by atoms with Gasteiger partial charge in [0.1, 0.15) is 5.75 Å². The van der Waals surface area contributed by atoms with Gasteiger partial charge in [-0.15, -0.1) is 0 Å². The molecule has 0 aliphatic heterocycles. The van der Waals surface area contributed by atoms with Crippen molar-refractivity contribution in [3.05, 3.63) is 58.7 Å². The molecule has 0 amide bonds. The van der Waals surface area contributed by atoms with Crippen molar-refractivity contribution in [3.8, 4) is 5.75 Å². The molecular formula is C19H23NO3S. The van der Waals surface area contributed by atoms with E-state index >= 15 is 0 Å². The fourth-order valence-electron chi connectivity index (χ4n) is 3.57. The van der Waals surface area contributed by atoms with Crippen LogP contribution in [0.4, 0.5) is 0 Å². The molecule has 1 unspecified atom stereocenters. The van der Waals surface area contributed by atoms with Gasteiger partial charge in [0, 0.05) is 6.04 Å². The van der Waals surface area contributed by atoms with E-state index in [1.54, 1.807) is 33.1 Å². The highest BCUT2D eigenvalue weighted by Gasteiger charge is 2.27. The van der Waals surface area contributed by atoms with Crippen LogP contribution >= 0.6 is 0 Å². The van der Waals surface area contributed by atoms with E-state index in [9.17, 15) is 8.42 Å². The Bertz CT molecular complexity index is 836. The average Bonchev–Trinajstić information content (AvgIpc) is 2.54. The summed E-state index contributed by atoms with van der Waals surface area (Å²) in [5.41, 5.74) is 3.72. The van der Waals surface area contributed by atoms with Crippen LogP contribution in [0.15, 0.2) is 41.3 Å². The molecular weight excluding hydrogens is 322 g/mol. The van der Waals surface area contributed by atoms with Crippen molar-refractivity contribution in [3.63, 3.8) is 0 Å². The third-order valence-electron chi connectivity index (χ3n) is 4.61. The van der Waals surface area contributed by atoms with Crippen molar-refractivity contribution in [2.24, 2.45) is 0 Å². The van der Waals surface area contributed by atoms with Gasteiger partial charge >= 0.3 is 0 Å². The number of sulfonamides is 1. The van der Waals surface area contributed by atoms with E-state index in [-0.39, 0.29) is 6.04 Å². The van der Waals surface area contributed by atoms with Crippen LogP contribution in [0, 0.1) is 13.8 Å². The minimum atomic E-state index is -3.59. The molecule has 0 spiro atoms. The second-order valence-electron chi connectivity index (χ2n) is 6.36. The van der Waals surface area contributed by atoms with E-state index in [0.717, 1.165) is 24.8 Å². The van der Waals surface area contributed by atoms with Gasteiger partial charge in [-0.2, -0.15) is 0 Å². The Hall–Kier alpha value is -1.85. The van der Waals surface area contributed by atoms with E-state index in [4.69, 9.17) is 4.74 Å². The molecule has 1 aliphatic rings. The van der Waals surface area contributed by atoms with Crippen molar-refractivity contribution in [1.29, 1.82) is 0 Å². The van der Waals surface area contributed by atoms with Crippen molar-refractivity contribution in [2.45, 2.75) is 44.0 Å². The van der Waals surface area contributed by atoms with E-state index in [0.29, 0.717) is 21.8 Å². The zero-order valence-electron chi connectivity index (χ0n) is 14.3. The maximum Gasteiger partial charge on any atom is 0.241 e. The van der Waals surface area contributed by atoms with Crippen molar-refractivity contribution < 1.29 is 13.2 Å². The molecule has 1 atom stereocenters. The Morgan fingerprint density at radius 1 is 1.12 bits per heavy atom. The summed E-state index contributed by atoms with van der Waals surface area (Å²) in [4.78, 5) is 0.353. The maximum atomic E-state index is 13.0. The van der Waals surface area contributed by atoms with Crippen LogP contribution in [-0.2, 0) is 16.4 Å². The molecule has 0 saturated carbocycles. The highest BCUT2D eigenvalue weighted by Crippen LogP contribution is 2.32. The summed E-state index contributed by atoms with van der Waals surface area (Å²) in [7, 11) is -2.01. The molecule has 5 heteroatoms. The third-order valence-corrected chi connectivity index (χ3v) is 6.38. The fourth-order valence-corrected chi connectivity index (χ4v) is 5.28. The van der Waals surface area contributed by atoms with E-state index in [1.165, 1.54) is 5.56 Å². The summed E-state index contributed by atoms with van der Waals surface area (Å²) >= 11 is 0. The average molecular weight is 345 g/mol. The van der Waals surface area contributed by atoms with Crippen LogP contribution < -0.4 is 9.46 Å². The van der Waals surface area contributed by atoms with E-state index < -0.39 is 10.0 Å². The Balaban J connectivity index is 1.96. The molecule has 24 heavy (non-hydrogen) atoms. The molecule has 2 aromatic rings. The second-order valence-corrected chi connectivity index (χ2v) is 8.01. The molecule has 1 N–H and O–H groups in total. The second kappa shape index (κ2) is 6.57. The first-order valence-electron chi connectivity index (χ1n) is 8.18. The lowest BCUT2D eigenvalue weighted by Gasteiger charge is -2.27. The quantitative estimate of drug-likeness (QED) is 0.920. The molecule has 2 aromatic carbocycles. The molecule has 0 bridgehead atoms. The summed E-state index contributed by atoms with van der Waals surface area (Å²) in [5, 5.41) is 0. The predicted octanol–water partition coefficient (Wildman–Crippen LogP) is 3.67. The number of hydrogen-bond donors (Lipinski definition) is 1. The number of rotatable bonds is 4. The van der Waals surface area contributed by atoms with Crippen LogP contribution in [0.3, 0.4) is 0 Å². The number of aryl methyl sites for hydroxylation is 3. The van der Waals surface area contributed by atoms with Crippen LogP contribution in [0.5, 0.6) is 5.75 Å². The van der Waals surface area contributed by atoms with Gasteiger partial charge in [0.2, 0.25) is 10.0 Å². The highest BCUT2D eigenvalue weighted by molar-refractivity contribution is 7.89. The van der Waals surface area contributed by atoms with Gasteiger partial charge in [0.25, 0.3) is 0 Å². The molecule has 0 saturated heterocycles. The lowest BCUT2D eigenvalue weighted by atomic mass is 9.88. The smallest absolute Gasteiger partial charge is 0.241 e. The highest BCUT2D eigenvalue weighted by atomic mass is 32.2. The van der Waals surface area contributed by atoms with Crippen LogP contribution in [0.1, 0.15) is 41.1 Å². The minimum Gasteiger partial charge on any atom is -0.497 e. The number of nitrogens with one attached hydrogen (secondary N) is 1. The number of hydrogen-bond acceptors (Lipinski definition) is 3. The van der Waals surface area contributed by atoms with Gasteiger partial charge in [-0.05, 0) is 67.5 Å². The van der Waals surface area contributed by atoms with E-state index in [2.05, 4.69) is 10.8 Å². The van der Waals surface area contributed by atoms with Gasteiger partial charge in [-0.3, -0.25) is 0 Å². The number of methoxy groups -OCH3 is 1. The van der Waals surface area contributed by atoms with Crippen molar-refractivity contribution in [1.82, 2.24) is 4.72 Å². The zero-order valence-corrected chi connectivity index (χ0v) is 15.1. The van der Waals surface area contributed by atoms with Gasteiger partial charge in [-0.25, -0.2) is 13.1 Å². The SMILES string of the molecule is COc1cc(C)c(S(=O)(=O)NC2CCCc3ccccc32)c(C)c1. The monoisotopic (exact) mass is 345 g/mol. The van der Waals surface area contributed by atoms with Gasteiger partial charge in [0.15, 0.2) is 0 Å². The molecule has 0 heterocycles. The summed E-state index contributed by atoms with van der Waals surface area (Å²) in [6.07, 6.45) is 2.82. The number of benzene rings is 2. The van der Waals surface area contributed by atoms with Gasteiger partial charge < -0.3 is 4.74 Å². The largest absolute Gasteiger partial charge is 0.497 e. The third kappa shape index (κ3) is 3.19. The fraction of sp³-hybridized carbons (Fsp3) is 0.368. The van der Waals surface area contributed by atoms with Gasteiger partial charge in [-0.1, -0.05) is 24.3 Å². The first-order chi connectivity index (χ1) is 11.4. The number of ether oxygens (including phenoxy) is 1. The lowest BCUT2D eigenvalue weighted by Crippen LogP contribution is -2.32. The Morgan fingerprint density at radius 3 is 2.46 bits per heavy atom. The van der Waals surface area contributed by atoms with Crippen molar-refractivity contribution in [2.75, 3.05) is 7.11 Å². The first-order valence-corrected chi connectivity index (χ1v) is 9.66. The summed E-state index contributed by atoms with van der Waals surface area (Å²) < 4.78 is 34.1. The van der Waals surface area contributed by atoms with Crippen LogP contribution in [-0.4, -0.2) is 15.5 Å². The predicted molar refractivity (Wildman–Crippen MR) is 94.9 cm³/mol. The molecule has 0 radical (unpaired) electrons. The van der Waals surface area contributed by atoms with Gasteiger partial charge in [0.05, 0.1) is 12.0 Å². The Kier molecular flexibility index (Phi) is 4.65. The molecule has 0 aromatic heterocycles. The first kappa shape index (κ1) is 17.0. The maximum absolute atomic E-state index is 13.0. The molecule has 1 aliphatic carbocycles. The molecule has 0 fully saturated rings. The van der Waals surface area contributed by atoms with Crippen LogP contribution in [0.2, 0.25) is 0 Å². The molecule has 128 valence electrons. The standard InChI is InChI=1S/C19H23NO3S/c1-13-11-16(23-3)12-14(2)19(13)24(21,22)20-18-10-6-8-15-7-4-5-9-17(15)18/h4-5,7,9,11-12,18,20H,6,8,10H2,1-3H3. The Morgan fingerprint density at radius 2 is 1.79 bits per heavy atom. The van der Waals surface area contributed by atoms with Crippen molar-refractivity contribution >= 4 is 10.0 Å². The lowest BCUT2D eigenvalue weighted by molar-refractivity contribution is 0.413. The van der Waals surface area contributed by atoms with Crippen LogP contribution in [0.25, 0.3) is 0 Å². The summed E-state index contributed by atoms with van der Waals surface area (Å²) in [6, 6.07) is 11.4. The Labute approximate surface area is 143 Å². The molecule has 4 nitrogen and oxygen atoms in total. The summed E-state index contributed by atoms with van der Waals surface area (Å²) in [6.45, 7) is 3.61. The topological polar surface area (TPSA) is 55.4 Å². The molecule has 3 rings (SSSR count).